The Morgan fingerprint density at radius 3 is 2.83 bits per heavy atom. The molecule has 3 nitrogen and oxygen atoms in total. The molecule has 3 aromatic rings. The van der Waals surface area contributed by atoms with Gasteiger partial charge in [0.25, 0.3) is 0 Å². The molecule has 0 unspecified atom stereocenters. The van der Waals surface area contributed by atoms with Crippen LogP contribution in [0.5, 0.6) is 0 Å². The maximum Gasteiger partial charge on any atom is 0.147 e. The number of halogens is 2. The highest BCUT2D eigenvalue weighted by Gasteiger charge is 2.22. The van der Waals surface area contributed by atoms with Crippen LogP contribution in [0.25, 0.3) is 22.9 Å². The zero-order valence-corrected chi connectivity index (χ0v) is 14.1. The molecule has 3 heterocycles. The molecule has 0 fully saturated rings. The molecule has 0 aliphatic carbocycles. The van der Waals surface area contributed by atoms with E-state index in [1.807, 2.05) is 22.8 Å². The molecule has 5 heteroatoms. The quantitative estimate of drug-likeness (QED) is 0.679. The first kappa shape index (κ1) is 15.4. The summed E-state index contributed by atoms with van der Waals surface area (Å²) >= 11 is 6.19. The molecule has 0 bridgehead atoms. The van der Waals surface area contributed by atoms with Crippen LogP contribution >= 0.6 is 11.6 Å². The van der Waals surface area contributed by atoms with Crippen LogP contribution in [0.3, 0.4) is 0 Å². The fraction of sp³-hybridized carbons (Fsp3) is 0.211. The number of fused-ring (bicyclic) bond motifs is 3. The minimum Gasteiger partial charge on any atom is -0.317 e. The van der Waals surface area contributed by atoms with Crippen molar-refractivity contribution < 1.29 is 4.39 Å². The highest BCUT2D eigenvalue weighted by molar-refractivity contribution is 6.31. The molecule has 0 saturated carbocycles. The van der Waals surface area contributed by atoms with E-state index >= 15 is 0 Å². The monoisotopic (exact) mass is 341 g/mol. The van der Waals surface area contributed by atoms with Crippen LogP contribution in [0.4, 0.5) is 4.39 Å². The van der Waals surface area contributed by atoms with Gasteiger partial charge in [-0.2, -0.15) is 0 Å². The van der Waals surface area contributed by atoms with Gasteiger partial charge in [-0.1, -0.05) is 11.6 Å². The minimum atomic E-state index is -0.272. The lowest BCUT2D eigenvalue weighted by atomic mass is 10.1. The fourth-order valence-corrected chi connectivity index (χ4v) is 3.52. The van der Waals surface area contributed by atoms with Crippen molar-refractivity contribution in [3.05, 3.63) is 64.6 Å². The normalized spacial score (nSPS) is 15.7. The molecule has 24 heavy (non-hydrogen) atoms. The maximum atomic E-state index is 14.7. The van der Waals surface area contributed by atoms with Crippen LogP contribution in [0.2, 0.25) is 5.02 Å². The first-order chi connectivity index (χ1) is 11.6. The standard InChI is InChI=1S/C19H17ClFN3/c1-23-9-6-19-16(11-23)15-10-14(20)2-3-18(15)24(19)12-17(21)13-4-7-22-8-5-13/h2-5,7-8,10,12H,6,9,11H2,1H3/b17-12-. The summed E-state index contributed by atoms with van der Waals surface area (Å²) in [6.07, 6.45) is 5.66. The second-order valence-electron chi connectivity index (χ2n) is 6.16. The van der Waals surface area contributed by atoms with Crippen molar-refractivity contribution in [1.29, 1.82) is 0 Å². The number of likely N-dealkylation sites (N-methyl/N-ethyl adjacent to an activating group) is 1. The van der Waals surface area contributed by atoms with E-state index in [-0.39, 0.29) is 5.83 Å². The molecule has 0 N–H and O–H groups in total. The highest BCUT2D eigenvalue weighted by atomic mass is 35.5. The third-order valence-electron chi connectivity index (χ3n) is 4.54. The molecular formula is C19H17ClFN3. The summed E-state index contributed by atoms with van der Waals surface area (Å²) < 4.78 is 16.7. The Morgan fingerprint density at radius 1 is 1.25 bits per heavy atom. The van der Waals surface area contributed by atoms with Crippen LogP contribution in [0, 0.1) is 0 Å². The van der Waals surface area contributed by atoms with E-state index in [2.05, 4.69) is 16.9 Å². The van der Waals surface area contributed by atoms with E-state index in [9.17, 15) is 4.39 Å². The molecule has 122 valence electrons. The lowest BCUT2D eigenvalue weighted by molar-refractivity contribution is 0.312. The third kappa shape index (κ3) is 2.62. The van der Waals surface area contributed by atoms with Gasteiger partial charge >= 0.3 is 0 Å². The van der Waals surface area contributed by atoms with Gasteiger partial charge in [-0.15, -0.1) is 0 Å². The van der Waals surface area contributed by atoms with Gasteiger partial charge < -0.3 is 9.47 Å². The molecule has 0 atom stereocenters. The predicted molar refractivity (Wildman–Crippen MR) is 96.5 cm³/mol. The average molecular weight is 342 g/mol. The SMILES string of the molecule is CN1CCc2c(c3cc(Cl)ccc3n2/C=C(\F)c2ccncc2)C1. The second kappa shape index (κ2) is 6.04. The molecule has 0 saturated heterocycles. The smallest absolute Gasteiger partial charge is 0.147 e. The molecule has 0 radical (unpaired) electrons. The molecule has 1 aromatic carbocycles. The number of pyridine rings is 1. The van der Waals surface area contributed by atoms with Crippen LogP contribution < -0.4 is 0 Å². The van der Waals surface area contributed by atoms with Gasteiger partial charge in [0.15, 0.2) is 0 Å². The second-order valence-corrected chi connectivity index (χ2v) is 6.59. The molecule has 0 spiro atoms. The number of rotatable bonds is 2. The summed E-state index contributed by atoms with van der Waals surface area (Å²) in [6.45, 7) is 1.81. The molecular weight excluding hydrogens is 325 g/mol. The lowest BCUT2D eigenvalue weighted by Crippen LogP contribution is -2.26. The van der Waals surface area contributed by atoms with Gasteiger partial charge in [-0.05, 0) is 42.9 Å². The summed E-state index contributed by atoms with van der Waals surface area (Å²) in [6, 6.07) is 9.15. The van der Waals surface area contributed by atoms with Gasteiger partial charge in [0.2, 0.25) is 0 Å². The Morgan fingerprint density at radius 2 is 2.04 bits per heavy atom. The Labute approximate surface area is 145 Å². The van der Waals surface area contributed by atoms with E-state index < -0.39 is 0 Å². The van der Waals surface area contributed by atoms with E-state index in [1.165, 1.54) is 5.56 Å². The number of aromatic nitrogens is 2. The summed E-state index contributed by atoms with van der Waals surface area (Å²) in [5, 5.41) is 1.80. The van der Waals surface area contributed by atoms with E-state index in [0.717, 1.165) is 36.1 Å². The van der Waals surface area contributed by atoms with Crippen molar-refractivity contribution in [2.75, 3.05) is 13.6 Å². The summed E-state index contributed by atoms with van der Waals surface area (Å²) in [7, 11) is 2.10. The third-order valence-corrected chi connectivity index (χ3v) is 4.77. The fourth-order valence-electron chi connectivity index (χ4n) is 3.35. The first-order valence-corrected chi connectivity index (χ1v) is 8.29. The lowest BCUT2D eigenvalue weighted by Gasteiger charge is -2.23. The van der Waals surface area contributed by atoms with Crippen LogP contribution in [-0.2, 0) is 13.0 Å². The van der Waals surface area contributed by atoms with Crippen LogP contribution in [0.15, 0.2) is 42.7 Å². The zero-order valence-electron chi connectivity index (χ0n) is 13.3. The van der Waals surface area contributed by atoms with Crippen molar-refractivity contribution in [2.24, 2.45) is 0 Å². The number of benzene rings is 1. The van der Waals surface area contributed by atoms with Crippen LogP contribution in [-0.4, -0.2) is 28.0 Å². The van der Waals surface area contributed by atoms with E-state index in [0.29, 0.717) is 10.6 Å². The summed E-state index contributed by atoms with van der Waals surface area (Å²) in [5.41, 5.74) is 3.92. The van der Waals surface area contributed by atoms with Gasteiger partial charge in [-0.25, -0.2) is 4.39 Å². The predicted octanol–water partition coefficient (Wildman–Crippen LogP) is 4.60. The van der Waals surface area contributed by atoms with Crippen molar-refractivity contribution in [3.63, 3.8) is 0 Å². The van der Waals surface area contributed by atoms with Crippen molar-refractivity contribution in [3.8, 4) is 0 Å². The Bertz CT molecular complexity index is 931. The first-order valence-electron chi connectivity index (χ1n) is 7.91. The zero-order chi connectivity index (χ0) is 16.7. The molecule has 1 aliphatic rings. The summed E-state index contributed by atoms with van der Waals surface area (Å²) in [4.78, 5) is 6.22. The molecule has 1 aliphatic heterocycles. The Kier molecular flexibility index (Phi) is 3.87. The number of nitrogens with zero attached hydrogens (tertiary/aromatic N) is 3. The Hall–Kier alpha value is -2.17. The van der Waals surface area contributed by atoms with E-state index in [1.54, 1.807) is 30.7 Å². The molecule has 4 rings (SSSR count). The Balaban J connectivity index is 1.92. The minimum absolute atomic E-state index is 0.272. The van der Waals surface area contributed by atoms with Gasteiger partial charge in [0, 0.05) is 59.8 Å². The van der Waals surface area contributed by atoms with Gasteiger partial charge in [0.1, 0.15) is 5.83 Å². The van der Waals surface area contributed by atoms with E-state index in [4.69, 9.17) is 11.6 Å². The molecule has 0 amide bonds. The average Bonchev–Trinajstić information content (AvgIpc) is 2.88. The van der Waals surface area contributed by atoms with Crippen molar-refractivity contribution in [2.45, 2.75) is 13.0 Å². The maximum absolute atomic E-state index is 14.7. The van der Waals surface area contributed by atoms with Gasteiger partial charge in [0.05, 0.1) is 5.52 Å². The highest BCUT2D eigenvalue weighted by Crippen LogP contribution is 2.33. The van der Waals surface area contributed by atoms with Gasteiger partial charge in [-0.3, -0.25) is 4.98 Å². The van der Waals surface area contributed by atoms with Crippen LogP contribution in [0.1, 0.15) is 16.8 Å². The molecule has 2 aromatic heterocycles. The topological polar surface area (TPSA) is 21.1 Å². The number of hydrogen-bond donors (Lipinski definition) is 0. The summed E-state index contributed by atoms with van der Waals surface area (Å²) in [5.74, 6) is -0.272. The van der Waals surface area contributed by atoms with Crippen molar-refractivity contribution in [1.82, 2.24) is 14.5 Å². The van der Waals surface area contributed by atoms with Crippen molar-refractivity contribution >= 4 is 34.5 Å². The number of hydrogen-bond acceptors (Lipinski definition) is 2. The largest absolute Gasteiger partial charge is 0.317 e.